The topological polar surface area (TPSA) is 64.4 Å². The van der Waals surface area contributed by atoms with E-state index >= 15 is 0 Å². The average molecular weight is 349 g/mol. The van der Waals surface area contributed by atoms with Gasteiger partial charge in [-0.05, 0) is 55.1 Å². The Kier molecular flexibility index (Phi) is 5.02. The van der Waals surface area contributed by atoms with E-state index in [-0.39, 0.29) is 5.02 Å². The summed E-state index contributed by atoms with van der Waals surface area (Å²) in [7, 11) is 0. The van der Waals surface area contributed by atoms with Gasteiger partial charge in [0.2, 0.25) is 0 Å². The van der Waals surface area contributed by atoms with E-state index in [2.05, 4.69) is 5.32 Å². The average Bonchev–Trinajstić information content (AvgIpc) is 3.04. The largest absolute Gasteiger partial charge is 0.410 e. The third-order valence-corrected chi connectivity index (χ3v) is 4.49. The van der Waals surface area contributed by atoms with Crippen molar-refractivity contribution in [2.75, 3.05) is 13.1 Å². The molecule has 0 unspecified atom stereocenters. The Morgan fingerprint density at radius 3 is 2.88 bits per heavy atom. The Hall–Kier alpha value is -2.11. The minimum Gasteiger partial charge on any atom is -0.410 e. The second kappa shape index (κ2) is 7.20. The number of rotatable bonds is 4. The molecule has 2 aromatic rings. The van der Waals surface area contributed by atoms with Crippen LogP contribution in [-0.2, 0) is 6.42 Å². The molecule has 1 fully saturated rings. The van der Waals surface area contributed by atoms with Crippen LogP contribution in [-0.4, -0.2) is 19.2 Å². The molecule has 24 heavy (non-hydrogen) atoms. The second-order valence-corrected chi connectivity index (χ2v) is 6.31. The minimum atomic E-state index is -0.874. The quantitative estimate of drug-likeness (QED) is 0.884. The van der Waals surface area contributed by atoms with E-state index in [1.54, 1.807) is 12.1 Å². The van der Waals surface area contributed by atoms with Crippen molar-refractivity contribution in [2.45, 2.75) is 12.8 Å². The Morgan fingerprint density at radius 2 is 2.21 bits per heavy atom. The van der Waals surface area contributed by atoms with Crippen LogP contribution >= 0.6 is 11.6 Å². The molecule has 0 spiro atoms. The summed E-state index contributed by atoms with van der Waals surface area (Å²) in [5.41, 5.74) is 7.48. The Balaban J connectivity index is 2.03. The standard InChI is InChI=1S/C18H18ClFN2O2/c19-15-9-12(4-5-16(15)20)14-3-1-2-13(17(14)24-18(21)23)8-11-6-7-22-10-11/h1-5,9,11,22H,6-8,10H2,(H2,21,23)/t11-/m0/s1. The Morgan fingerprint density at radius 1 is 1.38 bits per heavy atom. The SMILES string of the molecule is NC(=O)Oc1c(C[C@@H]2CCNC2)cccc1-c1ccc(F)c(Cl)c1. The van der Waals surface area contributed by atoms with Gasteiger partial charge in [0.15, 0.2) is 0 Å². The molecule has 1 aliphatic heterocycles. The van der Waals surface area contributed by atoms with Crippen LogP contribution in [0.2, 0.25) is 5.02 Å². The summed E-state index contributed by atoms with van der Waals surface area (Å²) in [5, 5.41) is 3.34. The van der Waals surface area contributed by atoms with Crippen molar-refractivity contribution in [2.24, 2.45) is 11.7 Å². The van der Waals surface area contributed by atoms with Gasteiger partial charge in [0.05, 0.1) is 5.02 Å². The Bertz CT molecular complexity index is 761. The lowest BCUT2D eigenvalue weighted by Crippen LogP contribution is -2.18. The maximum Gasteiger partial charge on any atom is 0.409 e. The molecule has 3 N–H and O–H groups in total. The summed E-state index contributed by atoms with van der Waals surface area (Å²) < 4.78 is 18.7. The van der Waals surface area contributed by atoms with Gasteiger partial charge in [-0.1, -0.05) is 35.9 Å². The van der Waals surface area contributed by atoms with Crippen LogP contribution in [0.4, 0.5) is 9.18 Å². The van der Waals surface area contributed by atoms with E-state index in [1.165, 1.54) is 12.1 Å². The molecule has 6 heteroatoms. The molecular weight excluding hydrogens is 331 g/mol. The van der Waals surface area contributed by atoms with Gasteiger partial charge in [0, 0.05) is 5.56 Å². The van der Waals surface area contributed by atoms with Crippen molar-refractivity contribution in [3.63, 3.8) is 0 Å². The molecule has 0 aromatic heterocycles. The number of ether oxygens (including phenoxy) is 1. The fourth-order valence-corrected chi connectivity index (χ4v) is 3.24. The Labute approximate surface area is 144 Å². The van der Waals surface area contributed by atoms with E-state index in [1.807, 2.05) is 12.1 Å². The first-order valence-corrected chi connectivity index (χ1v) is 8.17. The number of nitrogens with one attached hydrogen (secondary N) is 1. The monoisotopic (exact) mass is 348 g/mol. The van der Waals surface area contributed by atoms with Gasteiger partial charge in [-0.15, -0.1) is 0 Å². The summed E-state index contributed by atoms with van der Waals surface area (Å²) >= 11 is 5.88. The first kappa shape index (κ1) is 16.7. The number of para-hydroxylation sites is 1. The fourth-order valence-electron chi connectivity index (χ4n) is 3.06. The first-order valence-electron chi connectivity index (χ1n) is 7.80. The third-order valence-electron chi connectivity index (χ3n) is 4.20. The summed E-state index contributed by atoms with van der Waals surface area (Å²) in [6.07, 6.45) is 0.975. The van der Waals surface area contributed by atoms with Crippen molar-refractivity contribution < 1.29 is 13.9 Å². The van der Waals surface area contributed by atoms with Gasteiger partial charge in [0.1, 0.15) is 11.6 Å². The highest BCUT2D eigenvalue weighted by Crippen LogP contribution is 2.36. The van der Waals surface area contributed by atoms with Gasteiger partial charge in [-0.3, -0.25) is 0 Å². The van der Waals surface area contributed by atoms with Gasteiger partial charge in [0.25, 0.3) is 0 Å². The van der Waals surface area contributed by atoms with Crippen LogP contribution in [0.3, 0.4) is 0 Å². The lowest BCUT2D eigenvalue weighted by molar-refractivity contribution is 0.210. The highest BCUT2D eigenvalue weighted by molar-refractivity contribution is 6.31. The van der Waals surface area contributed by atoms with E-state index in [0.717, 1.165) is 31.5 Å². The highest BCUT2D eigenvalue weighted by atomic mass is 35.5. The van der Waals surface area contributed by atoms with Crippen LogP contribution < -0.4 is 15.8 Å². The zero-order valence-electron chi connectivity index (χ0n) is 13.0. The molecule has 0 aliphatic carbocycles. The van der Waals surface area contributed by atoms with Crippen molar-refractivity contribution in [3.8, 4) is 16.9 Å². The minimum absolute atomic E-state index is 0.0166. The van der Waals surface area contributed by atoms with Gasteiger partial charge in [-0.25, -0.2) is 9.18 Å². The molecule has 1 saturated heterocycles. The molecule has 4 nitrogen and oxygen atoms in total. The number of nitrogens with two attached hydrogens (primary N) is 1. The van der Waals surface area contributed by atoms with Gasteiger partial charge >= 0.3 is 6.09 Å². The summed E-state index contributed by atoms with van der Waals surface area (Å²) in [4.78, 5) is 11.4. The first-order chi connectivity index (χ1) is 11.5. The second-order valence-electron chi connectivity index (χ2n) is 5.91. The number of amides is 1. The molecule has 0 saturated carbocycles. The number of benzene rings is 2. The number of hydrogen-bond donors (Lipinski definition) is 2. The molecule has 0 radical (unpaired) electrons. The summed E-state index contributed by atoms with van der Waals surface area (Å²) in [6, 6.07) is 10.0. The maximum absolute atomic E-state index is 13.4. The van der Waals surface area contributed by atoms with Crippen LogP contribution in [0, 0.1) is 11.7 Å². The highest BCUT2D eigenvalue weighted by Gasteiger charge is 2.20. The van der Waals surface area contributed by atoms with Crippen molar-refractivity contribution >= 4 is 17.7 Å². The lowest BCUT2D eigenvalue weighted by Gasteiger charge is -2.16. The van der Waals surface area contributed by atoms with E-state index in [0.29, 0.717) is 22.8 Å². The van der Waals surface area contributed by atoms with Crippen LogP contribution in [0.1, 0.15) is 12.0 Å². The smallest absolute Gasteiger partial charge is 0.409 e. The molecule has 126 valence electrons. The number of carbonyl (C=O) groups is 1. The van der Waals surface area contributed by atoms with E-state index in [4.69, 9.17) is 22.1 Å². The number of halogens is 2. The molecule has 1 amide bonds. The van der Waals surface area contributed by atoms with Gasteiger partial charge < -0.3 is 15.8 Å². The molecule has 1 aliphatic rings. The predicted octanol–water partition coefficient (Wildman–Crippen LogP) is 3.76. The molecule has 3 rings (SSSR count). The third kappa shape index (κ3) is 3.68. The van der Waals surface area contributed by atoms with Crippen molar-refractivity contribution in [3.05, 3.63) is 52.8 Å². The lowest BCUT2D eigenvalue weighted by atomic mass is 9.94. The number of carbonyl (C=O) groups excluding carboxylic acids is 1. The zero-order valence-corrected chi connectivity index (χ0v) is 13.8. The summed E-state index contributed by atoms with van der Waals surface area (Å²) in [5.74, 6) is 0.401. The van der Waals surface area contributed by atoms with Crippen LogP contribution in [0.5, 0.6) is 5.75 Å². The fraction of sp³-hybridized carbons (Fsp3) is 0.278. The zero-order chi connectivity index (χ0) is 17.1. The molecule has 1 heterocycles. The van der Waals surface area contributed by atoms with Crippen molar-refractivity contribution in [1.82, 2.24) is 5.32 Å². The van der Waals surface area contributed by atoms with Crippen LogP contribution in [0.25, 0.3) is 11.1 Å². The van der Waals surface area contributed by atoms with E-state index < -0.39 is 11.9 Å². The molecule has 1 atom stereocenters. The number of primary amides is 1. The molecule has 0 bridgehead atoms. The number of hydrogen-bond acceptors (Lipinski definition) is 3. The van der Waals surface area contributed by atoms with E-state index in [9.17, 15) is 9.18 Å². The summed E-state index contributed by atoms with van der Waals surface area (Å²) in [6.45, 7) is 1.92. The molecular formula is C18H18ClFN2O2. The normalized spacial score (nSPS) is 17.0. The van der Waals surface area contributed by atoms with Crippen LogP contribution in [0.15, 0.2) is 36.4 Å². The van der Waals surface area contributed by atoms with Gasteiger partial charge in [-0.2, -0.15) is 0 Å². The predicted molar refractivity (Wildman–Crippen MR) is 91.7 cm³/mol. The van der Waals surface area contributed by atoms with Crippen molar-refractivity contribution in [1.29, 1.82) is 0 Å². The molecule has 2 aromatic carbocycles. The maximum atomic E-state index is 13.4.